The monoisotopic (exact) mass is 292 g/mol. The van der Waals surface area contributed by atoms with E-state index in [2.05, 4.69) is 5.32 Å². The number of nitrogens with one attached hydrogen (secondary N) is 1. The Balaban J connectivity index is 1.90. The molecular weight excluding hydrogens is 268 g/mol. The molecule has 0 aromatic heterocycles. The van der Waals surface area contributed by atoms with E-state index in [0.717, 1.165) is 36.3 Å². The van der Waals surface area contributed by atoms with Crippen molar-refractivity contribution in [1.29, 1.82) is 0 Å². The summed E-state index contributed by atoms with van der Waals surface area (Å²) >= 11 is 0. The fourth-order valence-corrected chi connectivity index (χ4v) is 2.11. The molecule has 21 heavy (non-hydrogen) atoms. The van der Waals surface area contributed by atoms with Crippen LogP contribution in [0.3, 0.4) is 0 Å². The minimum absolute atomic E-state index is 0.0431. The summed E-state index contributed by atoms with van der Waals surface area (Å²) in [7, 11) is 0. The van der Waals surface area contributed by atoms with Gasteiger partial charge in [-0.3, -0.25) is 4.79 Å². The van der Waals surface area contributed by atoms with E-state index < -0.39 is 5.54 Å². The molecule has 0 radical (unpaired) electrons. The molecule has 0 spiro atoms. The number of benzene rings is 1. The number of hydrogen-bond acceptors (Lipinski definition) is 4. The van der Waals surface area contributed by atoms with Crippen molar-refractivity contribution in [3.63, 3.8) is 0 Å². The first-order valence-electron chi connectivity index (χ1n) is 7.54. The number of hydrogen-bond donors (Lipinski definition) is 2. The summed E-state index contributed by atoms with van der Waals surface area (Å²) in [5, 5.41) is 2.89. The molecule has 0 bridgehead atoms. The van der Waals surface area contributed by atoms with Gasteiger partial charge < -0.3 is 20.5 Å². The third kappa shape index (κ3) is 4.11. The fourth-order valence-electron chi connectivity index (χ4n) is 2.11. The molecule has 0 unspecified atom stereocenters. The predicted molar refractivity (Wildman–Crippen MR) is 81.6 cm³/mol. The van der Waals surface area contributed by atoms with Crippen LogP contribution in [0.1, 0.15) is 32.3 Å². The van der Waals surface area contributed by atoms with E-state index in [0.29, 0.717) is 19.8 Å². The molecule has 116 valence electrons. The molecule has 2 rings (SSSR count). The van der Waals surface area contributed by atoms with Crippen LogP contribution >= 0.6 is 0 Å². The summed E-state index contributed by atoms with van der Waals surface area (Å²) in [5.74, 6) is 1.46. The van der Waals surface area contributed by atoms with Crippen LogP contribution in [0.15, 0.2) is 18.2 Å². The molecule has 3 N–H and O–H groups in total. The van der Waals surface area contributed by atoms with Crippen molar-refractivity contribution in [2.45, 2.75) is 38.6 Å². The lowest BCUT2D eigenvalue weighted by Crippen LogP contribution is -2.43. The number of rotatable bonds is 8. The Kier molecular flexibility index (Phi) is 5.07. The standard InChI is InChI=1S/C16H24N2O3/c1-3-20-13-6-5-12(11-14(13)21-4-2)7-10-18-15(19)16(17)8-9-16/h5-6,11H,3-4,7-10,17H2,1-2H3,(H,18,19). The summed E-state index contributed by atoms with van der Waals surface area (Å²) in [6.45, 7) is 5.67. The van der Waals surface area contributed by atoms with E-state index in [1.54, 1.807) is 0 Å². The molecule has 0 heterocycles. The summed E-state index contributed by atoms with van der Waals surface area (Å²) < 4.78 is 11.1. The van der Waals surface area contributed by atoms with E-state index in [1.165, 1.54) is 0 Å². The molecule has 5 nitrogen and oxygen atoms in total. The average Bonchev–Trinajstić information content (AvgIpc) is 3.21. The maximum Gasteiger partial charge on any atom is 0.240 e. The lowest BCUT2D eigenvalue weighted by Gasteiger charge is -2.13. The number of ether oxygens (including phenoxy) is 2. The second kappa shape index (κ2) is 6.80. The number of carbonyl (C=O) groups excluding carboxylic acids is 1. The molecule has 1 aromatic rings. The first-order valence-corrected chi connectivity index (χ1v) is 7.54. The van der Waals surface area contributed by atoms with E-state index >= 15 is 0 Å². The van der Waals surface area contributed by atoms with E-state index in [9.17, 15) is 4.79 Å². The molecule has 1 aliphatic rings. The molecule has 1 amide bonds. The average molecular weight is 292 g/mol. The second-order valence-electron chi connectivity index (χ2n) is 5.31. The predicted octanol–water partition coefficient (Wildman–Crippen LogP) is 1.63. The summed E-state index contributed by atoms with van der Waals surface area (Å²) in [6, 6.07) is 5.88. The van der Waals surface area contributed by atoms with Gasteiger partial charge in [-0.2, -0.15) is 0 Å². The third-order valence-corrected chi connectivity index (χ3v) is 3.55. The van der Waals surface area contributed by atoms with Gasteiger partial charge >= 0.3 is 0 Å². The highest BCUT2D eigenvalue weighted by molar-refractivity contribution is 5.88. The van der Waals surface area contributed by atoms with Crippen molar-refractivity contribution in [1.82, 2.24) is 5.32 Å². The summed E-state index contributed by atoms with van der Waals surface area (Å²) in [6.07, 6.45) is 2.32. The highest BCUT2D eigenvalue weighted by Gasteiger charge is 2.45. The van der Waals surface area contributed by atoms with Gasteiger partial charge in [-0.05, 0) is 50.8 Å². The number of amides is 1. The molecule has 1 saturated carbocycles. The van der Waals surface area contributed by atoms with Gasteiger partial charge in [0.2, 0.25) is 5.91 Å². The number of nitrogens with two attached hydrogens (primary N) is 1. The first-order chi connectivity index (χ1) is 10.1. The summed E-state index contributed by atoms with van der Waals surface area (Å²) in [5.41, 5.74) is 6.34. The van der Waals surface area contributed by atoms with Crippen LogP contribution in [0.5, 0.6) is 11.5 Å². The van der Waals surface area contributed by atoms with Crippen molar-refractivity contribution in [3.8, 4) is 11.5 Å². The van der Waals surface area contributed by atoms with Crippen molar-refractivity contribution < 1.29 is 14.3 Å². The van der Waals surface area contributed by atoms with Gasteiger partial charge in [-0.1, -0.05) is 6.07 Å². The van der Waals surface area contributed by atoms with Gasteiger partial charge in [0.15, 0.2) is 11.5 Å². The Hall–Kier alpha value is -1.75. The molecule has 0 aliphatic heterocycles. The van der Waals surface area contributed by atoms with Crippen molar-refractivity contribution in [2.24, 2.45) is 5.73 Å². The van der Waals surface area contributed by atoms with Gasteiger partial charge in [0, 0.05) is 6.54 Å². The minimum Gasteiger partial charge on any atom is -0.490 e. The highest BCUT2D eigenvalue weighted by Crippen LogP contribution is 2.32. The van der Waals surface area contributed by atoms with Crippen molar-refractivity contribution >= 4 is 5.91 Å². The van der Waals surface area contributed by atoms with Gasteiger partial charge in [0.1, 0.15) is 0 Å². The van der Waals surface area contributed by atoms with Gasteiger partial charge in [0.25, 0.3) is 0 Å². The van der Waals surface area contributed by atoms with Gasteiger partial charge in [-0.15, -0.1) is 0 Å². The Morgan fingerprint density at radius 1 is 1.24 bits per heavy atom. The highest BCUT2D eigenvalue weighted by atomic mass is 16.5. The lowest BCUT2D eigenvalue weighted by molar-refractivity contribution is -0.123. The molecule has 1 aromatic carbocycles. The SMILES string of the molecule is CCOc1ccc(CCNC(=O)C2(N)CC2)cc1OCC. The third-order valence-electron chi connectivity index (χ3n) is 3.55. The molecular formula is C16H24N2O3. The van der Waals surface area contributed by atoms with E-state index in [1.807, 2.05) is 32.0 Å². The van der Waals surface area contributed by atoms with Crippen LogP contribution in [0.2, 0.25) is 0 Å². The molecule has 1 aliphatic carbocycles. The van der Waals surface area contributed by atoms with Crippen molar-refractivity contribution in [3.05, 3.63) is 23.8 Å². The van der Waals surface area contributed by atoms with E-state index in [-0.39, 0.29) is 5.91 Å². The Morgan fingerprint density at radius 2 is 1.90 bits per heavy atom. The maximum absolute atomic E-state index is 11.7. The maximum atomic E-state index is 11.7. The van der Waals surface area contributed by atoms with Crippen LogP contribution in [0.25, 0.3) is 0 Å². The second-order valence-corrected chi connectivity index (χ2v) is 5.31. The van der Waals surface area contributed by atoms with Crippen LogP contribution < -0.4 is 20.5 Å². The zero-order chi connectivity index (χ0) is 15.3. The Morgan fingerprint density at radius 3 is 2.52 bits per heavy atom. The quantitative estimate of drug-likeness (QED) is 0.764. The Bertz CT molecular complexity index is 498. The zero-order valence-corrected chi connectivity index (χ0v) is 12.8. The normalized spacial score (nSPS) is 15.4. The first kappa shape index (κ1) is 15.6. The topological polar surface area (TPSA) is 73.6 Å². The molecule has 0 atom stereocenters. The molecule has 1 fully saturated rings. The van der Waals surface area contributed by atoms with Gasteiger partial charge in [0.05, 0.1) is 18.8 Å². The smallest absolute Gasteiger partial charge is 0.240 e. The Labute approximate surface area is 125 Å². The largest absolute Gasteiger partial charge is 0.490 e. The minimum atomic E-state index is -0.602. The summed E-state index contributed by atoms with van der Waals surface area (Å²) in [4.78, 5) is 11.7. The van der Waals surface area contributed by atoms with Crippen LogP contribution in [0.4, 0.5) is 0 Å². The number of carbonyl (C=O) groups is 1. The van der Waals surface area contributed by atoms with Crippen LogP contribution in [0, 0.1) is 0 Å². The van der Waals surface area contributed by atoms with Crippen LogP contribution in [-0.2, 0) is 11.2 Å². The fraction of sp³-hybridized carbons (Fsp3) is 0.562. The van der Waals surface area contributed by atoms with Gasteiger partial charge in [-0.25, -0.2) is 0 Å². The molecule has 0 saturated heterocycles. The van der Waals surface area contributed by atoms with E-state index in [4.69, 9.17) is 15.2 Å². The lowest BCUT2D eigenvalue weighted by atomic mass is 10.1. The van der Waals surface area contributed by atoms with Crippen LogP contribution in [-0.4, -0.2) is 31.2 Å². The zero-order valence-electron chi connectivity index (χ0n) is 12.8. The van der Waals surface area contributed by atoms with Crippen molar-refractivity contribution in [2.75, 3.05) is 19.8 Å². The molecule has 5 heteroatoms.